The maximum absolute atomic E-state index is 2.58. The van der Waals surface area contributed by atoms with E-state index < -0.39 is 0 Å². The molecule has 0 aromatic heterocycles. The van der Waals surface area contributed by atoms with E-state index in [9.17, 15) is 0 Å². The van der Waals surface area contributed by atoms with Gasteiger partial charge in [-0.15, -0.1) is 0 Å². The molecule has 0 saturated carbocycles. The molecule has 0 unspecified atom stereocenters. The molecule has 0 radical (unpaired) electrons. The third-order valence-electron chi connectivity index (χ3n) is 3.12. The molecule has 0 saturated heterocycles. The third kappa shape index (κ3) is 7.80. The molecule has 1 nitrogen and oxygen atoms in total. The normalized spacial score (nSPS) is 11.6. The lowest BCUT2D eigenvalue weighted by Gasteiger charge is -2.19. The second-order valence-corrected chi connectivity index (χ2v) is 6.94. The fourth-order valence-electron chi connectivity index (χ4n) is 1.72. The summed E-state index contributed by atoms with van der Waals surface area (Å²) in [7, 11) is 0.0766. The summed E-state index contributed by atoms with van der Waals surface area (Å²) in [4.78, 5) is 2.58. The van der Waals surface area contributed by atoms with Gasteiger partial charge in [-0.3, -0.25) is 0 Å². The lowest BCUT2D eigenvalue weighted by atomic mass is 10.3. The summed E-state index contributed by atoms with van der Waals surface area (Å²) in [5.41, 5.74) is 1.56. The lowest BCUT2D eigenvalue weighted by Crippen LogP contribution is -2.25. The molecule has 0 amide bonds. The molecule has 0 rings (SSSR count). The van der Waals surface area contributed by atoms with Crippen LogP contribution in [-0.4, -0.2) is 34.1 Å². The first kappa shape index (κ1) is 14.9. The van der Waals surface area contributed by atoms with Gasteiger partial charge in [0.25, 0.3) is 0 Å². The van der Waals surface area contributed by atoms with Gasteiger partial charge >= 0.3 is 0 Å². The molecule has 0 spiro atoms. The second-order valence-electron chi connectivity index (χ2n) is 4.67. The zero-order chi connectivity index (χ0) is 11.7. The van der Waals surface area contributed by atoms with Crippen molar-refractivity contribution in [3.05, 3.63) is 10.8 Å². The van der Waals surface area contributed by atoms with E-state index in [0.29, 0.717) is 0 Å². The van der Waals surface area contributed by atoms with Crippen LogP contribution in [0.4, 0.5) is 0 Å². The quantitative estimate of drug-likeness (QED) is 0.455. The molecular formula is C13H29NSi. The minimum absolute atomic E-state index is 0.0766. The van der Waals surface area contributed by atoms with Crippen LogP contribution in [0.25, 0.3) is 0 Å². The predicted octanol–water partition coefficient (Wildman–Crippen LogP) is 3.01. The molecule has 0 aliphatic rings. The number of hydrogen-bond acceptors (Lipinski definition) is 1. The summed E-state index contributed by atoms with van der Waals surface area (Å²) >= 11 is 0. The maximum atomic E-state index is 2.58. The van der Waals surface area contributed by atoms with Crippen LogP contribution in [0.15, 0.2) is 10.8 Å². The van der Waals surface area contributed by atoms with Gasteiger partial charge in [-0.25, -0.2) is 0 Å². The van der Waals surface area contributed by atoms with Crippen molar-refractivity contribution >= 4 is 9.52 Å². The Hall–Kier alpha value is -0.0831. The molecule has 0 aliphatic carbocycles. The van der Waals surface area contributed by atoms with Gasteiger partial charge in [0, 0.05) is 9.52 Å². The topological polar surface area (TPSA) is 3.24 Å². The Morgan fingerprint density at radius 3 is 2.20 bits per heavy atom. The first-order chi connectivity index (χ1) is 7.11. The zero-order valence-corrected chi connectivity index (χ0v) is 12.8. The Bertz CT molecular complexity index is 183. The maximum Gasteiger partial charge on any atom is 0.0491 e. The molecule has 0 aliphatic heterocycles. The van der Waals surface area contributed by atoms with Crippen LogP contribution in [0, 0.1) is 0 Å². The Labute approximate surface area is 98.8 Å². The standard InChI is InChI=1S/C13H29NSi/c1-6-9-14(7-2)10-8-11-15-13(5)12(3)4/h6-11,15H2,1-5H3. The fourth-order valence-corrected chi connectivity index (χ4v) is 3.22. The van der Waals surface area contributed by atoms with E-state index in [-0.39, 0.29) is 9.52 Å². The van der Waals surface area contributed by atoms with Crippen molar-refractivity contribution in [1.29, 1.82) is 0 Å². The van der Waals surface area contributed by atoms with Crippen molar-refractivity contribution in [2.75, 3.05) is 19.6 Å². The first-order valence-electron chi connectivity index (χ1n) is 6.47. The smallest absolute Gasteiger partial charge is 0.0491 e. The lowest BCUT2D eigenvalue weighted by molar-refractivity contribution is 0.289. The van der Waals surface area contributed by atoms with E-state index in [4.69, 9.17) is 0 Å². The minimum atomic E-state index is 0.0766. The Morgan fingerprint density at radius 2 is 1.73 bits per heavy atom. The average Bonchev–Trinajstić information content (AvgIpc) is 2.22. The van der Waals surface area contributed by atoms with Crippen molar-refractivity contribution in [3.8, 4) is 0 Å². The SMILES string of the molecule is CCCN(CC)CCC[SiH2]C(C)=C(C)C. The monoisotopic (exact) mass is 227 g/mol. The summed E-state index contributed by atoms with van der Waals surface area (Å²) < 4.78 is 0. The molecule has 0 heterocycles. The van der Waals surface area contributed by atoms with Crippen LogP contribution < -0.4 is 0 Å². The highest BCUT2D eigenvalue weighted by molar-refractivity contribution is 6.45. The van der Waals surface area contributed by atoms with Gasteiger partial charge in [-0.1, -0.05) is 30.7 Å². The van der Waals surface area contributed by atoms with Crippen molar-refractivity contribution in [2.45, 2.75) is 53.5 Å². The van der Waals surface area contributed by atoms with E-state index in [1.807, 2.05) is 0 Å². The van der Waals surface area contributed by atoms with Crippen LogP contribution in [0.5, 0.6) is 0 Å². The summed E-state index contributed by atoms with van der Waals surface area (Å²) in [5.74, 6) is 0. The van der Waals surface area contributed by atoms with E-state index in [1.165, 1.54) is 38.5 Å². The molecule has 0 aromatic rings. The summed E-state index contributed by atoms with van der Waals surface area (Å²) in [6.45, 7) is 15.2. The van der Waals surface area contributed by atoms with Crippen molar-refractivity contribution in [2.24, 2.45) is 0 Å². The van der Waals surface area contributed by atoms with Crippen molar-refractivity contribution < 1.29 is 0 Å². The Balaban J connectivity index is 3.56. The number of allylic oxidation sites excluding steroid dienone is 2. The van der Waals surface area contributed by atoms with Crippen LogP contribution >= 0.6 is 0 Å². The molecule has 0 bridgehead atoms. The largest absolute Gasteiger partial charge is 0.304 e. The fraction of sp³-hybridized carbons (Fsp3) is 0.846. The van der Waals surface area contributed by atoms with Gasteiger partial charge in [-0.05, 0) is 53.2 Å². The molecule has 90 valence electrons. The van der Waals surface area contributed by atoms with Gasteiger partial charge in [0.15, 0.2) is 0 Å². The first-order valence-corrected chi connectivity index (χ1v) is 8.17. The molecule has 0 N–H and O–H groups in total. The van der Waals surface area contributed by atoms with E-state index >= 15 is 0 Å². The molecule has 0 aromatic carbocycles. The second kappa shape index (κ2) is 9.17. The van der Waals surface area contributed by atoms with Crippen LogP contribution in [-0.2, 0) is 0 Å². The summed E-state index contributed by atoms with van der Waals surface area (Å²) in [5, 5.41) is 1.72. The zero-order valence-electron chi connectivity index (χ0n) is 11.4. The molecule has 2 heteroatoms. The third-order valence-corrected chi connectivity index (χ3v) is 5.43. The highest BCUT2D eigenvalue weighted by Gasteiger charge is 2.00. The summed E-state index contributed by atoms with van der Waals surface area (Å²) in [6, 6.07) is 1.48. The van der Waals surface area contributed by atoms with Gasteiger partial charge in [0.05, 0.1) is 0 Å². The van der Waals surface area contributed by atoms with E-state index in [1.54, 1.807) is 10.8 Å². The van der Waals surface area contributed by atoms with Gasteiger partial charge < -0.3 is 4.90 Å². The average molecular weight is 227 g/mol. The van der Waals surface area contributed by atoms with Crippen molar-refractivity contribution in [1.82, 2.24) is 4.90 Å². The Morgan fingerprint density at radius 1 is 1.07 bits per heavy atom. The van der Waals surface area contributed by atoms with Gasteiger partial charge in [0.1, 0.15) is 0 Å². The van der Waals surface area contributed by atoms with E-state index in [2.05, 4.69) is 39.5 Å². The van der Waals surface area contributed by atoms with Crippen molar-refractivity contribution in [3.63, 3.8) is 0 Å². The molecule has 0 atom stereocenters. The molecule has 0 fully saturated rings. The minimum Gasteiger partial charge on any atom is -0.304 e. The highest BCUT2D eigenvalue weighted by atomic mass is 28.2. The van der Waals surface area contributed by atoms with Crippen LogP contribution in [0.3, 0.4) is 0 Å². The predicted molar refractivity (Wildman–Crippen MR) is 74.4 cm³/mol. The number of rotatable bonds is 8. The number of hydrogen-bond donors (Lipinski definition) is 0. The highest BCUT2D eigenvalue weighted by Crippen LogP contribution is 2.04. The van der Waals surface area contributed by atoms with Gasteiger partial charge in [-0.2, -0.15) is 0 Å². The van der Waals surface area contributed by atoms with Crippen LogP contribution in [0.2, 0.25) is 6.04 Å². The summed E-state index contributed by atoms with van der Waals surface area (Å²) in [6.07, 6.45) is 2.70. The van der Waals surface area contributed by atoms with Gasteiger partial charge in [0.2, 0.25) is 0 Å². The Kier molecular flexibility index (Phi) is 9.11. The van der Waals surface area contributed by atoms with E-state index in [0.717, 1.165) is 0 Å². The molecular weight excluding hydrogens is 198 g/mol. The van der Waals surface area contributed by atoms with Crippen LogP contribution in [0.1, 0.15) is 47.5 Å². The number of nitrogens with zero attached hydrogens (tertiary/aromatic N) is 1. The molecule has 15 heavy (non-hydrogen) atoms.